The third-order valence-electron chi connectivity index (χ3n) is 14.1. The second-order valence-corrected chi connectivity index (χ2v) is 27.0. The van der Waals surface area contributed by atoms with E-state index in [1.165, 1.54) is 139 Å². The Morgan fingerprint density at radius 1 is 0.222 bits per heavy atom. The Kier molecular flexibility index (Phi) is 21.8. The van der Waals surface area contributed by atoms with Gasteiger partial charge in [-0.15, -0.1) is 0 Å². The summed E-state index contributed by atoms with van der Waals surface area (Å²) in [6.07, 6.45) is 0. The molecule has 4 heteroatoms. The molecule has 305 valence electrons. The van der Waals surface area contributed by atoms with Crippen molar-refractivity contribution >= 4 is 25.5 Å². The van der Waals surface area contributed by atoms with Crippen molar-refractivity contribution in [2.24, 2.45) is 0 Å². The van der Waals surface area contributed by atoms with Crippen molar-refractivity contribution in [2.75, 3.05) is 0 Å². The summed E-state index contributed by atoms with van der Waals surface area (Å²) in [4.78, 5) is 0. The molecule has 0 fully saturated rings. The molecule has 5 rings (SSSR count). The van der Waals surface area contributed by atoms with Gasteiger partial charge in [0.15, 0.2) is 0 Å². The van der Waals surface area contributed by atoms with E-state index in [1.807, 2.05) is 0 Å². The average Bonchev–Trinajstić information content (AvgIpc) is 3.63. The molecule has 0 amide bonds. The van der Waals surface area contributed by atoms with Crippen LogP contribution in [0.4, 0.5) is 0 Å². The van der Waals surface area contributed by atoms with E-state index in [9.17, 15) is 0 Å². The number of hydrogen-bond acceptors (Lipinski definition) is 0. The van der Waals surface area contributed by atoms with Gasteiger partial charge in [0.1, 0.15) is 0 Å². The number of halogens is 3. The van der Waals surface area contributed by atoms with Crippen LogP contribution in [0.2, 0.25) is 0 Å². The van der Waals surface area contributed by atoms with E-state index < -0.39 is 18.2 Å². The first-order valence-electron chi connectivity index (χ1n) is 19.3. The van der Waals surface area contributed by atoms with Crippen molar-refractivity contribution in [2.45, 2.75) is 173 Å². The van der Waals surface area contributed by atoms with E-state index in [2.05, 4.69) is 173 Å². The van der Waals surface area contributed by atoms with Crippen LogP contribution in [0.15, 0.2) is 0 Å². The monoisotopic (exact) mass is 870 g/mol. The van der Waals surface area contributed by atoms with Crippen molar-refractivity contribution in [3.63, 3.8) is 0 Å². The van der Waals surface area contributed by atoms with Gasteiger partial charge in [0.25, 0.3) is 0 Å². The summed E-state index contributed by atoms with van der Waals surface area (Å²) in [5, 5.41) is 0. The quantitative estimate of drug-likeness (QED) is 0.136. The molecule has 0 saturated carbocycles. The summed E-state index contributed by atoms with van der Waals surface area (Å²) in [7, 11) is 15.0. The van der Waals surface area contributed by atoms with Crippen LogP contribution in [0.3, 0.4) is 0 Å². The summed E-state index contributed by atoms with van der Waals surface area (Å²) in [5.74, 6) is 0. The molecule has 5 aromatic rings. The number of rotatable bonds is 0. The van der Waals surface area contributed by atoms with Crippen LogP contribution in [-0.4, -0.2) is 0 Å². The zero-order valence-corrected chi connectivity index (χ0v) is 43.9. The third kappa shape index (κ3) is 12.8. The molecule has 0 aliphatic rings. The molecule has 0 N–H and O–H groups in total. The van der Waals surface area contributed by atoms with Crippen LogP contribution in [0.5, 0.6) is 0 Å². The first kappa shape index (κ1) is 52.5. The molecule has 0 spiro atoms. The Morgan fingerprint density at radius 3 is 0.296 bits per heavy atom. The summed E-state index contributed by atoms with van der Waals surface area (Å²) in [6.45, 7) is 55.0. The summed E-state index contributed by atoms with van der Waals surface area (Å²) in [5.41, 5.74) is 36.7. The van der Waals surface area contributed by atoms with Crippen molar-refractivity contribution in [1.82, 2.24) is 0 Å². The predicted octanol–water partition coefficient (Wildman–Crippen LogP) is 16.8. The first-order chi connectivity index (χ1) is 24.5. The summed E-state index contributed by atoms with van der Waals surface area (Å²) in [6, 6.07) is 0. The maximum absolute atomic E-state index is 5.00. The van der Waals surface area contributed by atoms with Crippen molar-refractivity contribution in [1.29, 1.82) is 0 Å². The Labute approximate surface area is 353 Å². The Morgan fingerprint density at radius 2 is 0.278 bits per heavy atom. The molecule has 0 saturated heterocycles. The maximum atomic E-state index is 5.00. The minimum absolute atomic E-state index is 1.47. The standard InChI is InChI=1S/5C10H15.3ClH.Zr/c5*1-6-7(2)9(4)10(5)8(6)3;;;;/h5*1-5H3;3*1H;/q5*-1;;;;+3/p-3. The third-order valence-corrected chi connectivity index (χ3v) is 14.1. The molecule has 0 radical (unpaired) electrons. The van der Waals surface area contributed by atoms with E-state index in [1.54, 1.807) is 0 Å². The average molecular weight is 874 g/mol. The first-order valence-corrected chi connectivity index (χ1v) is 28.8. The normalized spacial score (nSPS) is 10.2. The summed E-state index contributed by atoms with van der Waals surface area (Å²) < 4.78 is 0. The Bertz CT molecular complexity index is 1250. The molecule has 0 heterocycles. The van der Waals surface area contributed by atoms with E-state index in [0.29, 0.717) is 0 Å². The van der Waals surface area contributed by atoms with Crippen molar-refractivity contribution < 1.29 is 18.2 Å². The molecule has 5 aromatic carbocycles. The van der Waals surface area contributed by atoms with E-state index >= 15 is 0 Å². The number of hydrogen-bond donors (Lipinski definition) is 0. The SMILES string of the molecule is Cc1c(C)c(C)[c-](C)c1C.Cc1c(C)c(C)[c-](C)c1C.Cc1c(C)c(C)[c-](C)c1C.Cc1c(C)c(C)[c-](C)c1C.Cc1c(C)c(C)[c-](C)c1C.[Cl][Zr]([Cl])[Cl]. The van der Waals surface area contributed by atoms with Crippen LogP contribution < -0.4 is 0 Å². The zero-order valence-electron chi connectivity index (χ0n) is 39.1. The molecule has 0 atom stereocenters. The van der Waals surface area contributed by atoms with Crippen LogP contribution in [0.1, 0.15) is 139 Å². The van der Waals surface area contributed by atoms with Gasteiger partial charge in [-0.1, -0.05) is 173 Å². The molecular formula is C50H75Cl3Zr-5. The van der Waals surface area contributed by atoms with Gasteiger partial charge in [-0.25, -0.2) is 0 Å². The van der Waals surface area contributed by atoms with E-state index in [0.717, 1.165) is 0 Å². The molecule has 0 unspecified atom stereocenters. The van der Waals surface area contributed by atoms with Gasteiger partial charge in [-0.3, -0.25) is 0 Å². The van der Waals surface area contributed by atoms with Crippen molar-refractivity contribution in [3.05, 3.63) is 139 Å². The van der Waals surface area contributed by atoms with E-state index in [4.69, 9.17) is 25.5 Å². The van der Waals surface area contributed by atoms with Gasteiger partial charge in [0, 0.05) is 0 Å². The molecular weight excluding hydrogens is 798 g/mol. The van der Waals surface area contributed by atoms with Gasteiger partial charge >= 0.3 is 43.7 Å². The van der Waals surface area contributed by atoms with Crippen LogP contribution in [0, 0.1) is 173 Å². The molecule has 54 heavy (non-hydrogen) atoms. The second kappa shape index (κ2) is 22.4. The van der Waals surface area contributed by atoms with Crippen LogP contribution in [-0.2, 0) is 18.2 Å². The molecule has 0 aromatic heterocycles. The Hall–Kier alpha value is -1.50. The van der Waals surface area contributed by atoms with E-state index in [-0.39, 0.29) is 0 Å². The molecule has 0 bridgehead atoms. The second-order valence-electron chi connectivity index (χ2n) is 15.8. The molecule has 0 nitrogen and oxygen atoms in total. The summed E-state index contributed by atoms with van der Waals surface area (Å²) >= 11 is -2.13. The van der Waals surface area contributed by atoms with Gasteiger partial charge in [-0.05, 0) is 0 Å². The van der Waals surface area contributed by atoms with Gasteiger partial charge < -0.3 is 0 Å². The Balaban J connectivity index is 0.000000634. The van der Waals surface area contributed by atoms with Crippen LogP contribution >= 0.6 is 25.5 Å². The molecule has 0 aliphatic carbocycles. The topological polar surface area (TPSA) is 0 Å². The van der Waals surface area contributed by atoms with Crippen LogP contribution in [0.25, 0.3) is 0 Å². The van der Waals surface area contributed by atoms with Gasteiger partial charge in [-0.2, -0.15) is 139 Å². The zero-order chi connectivity index (χ0) is 43.0. The minimum atomic E-state index is -2.13. The predicted molar refractivity (Wildman–Crippen MR) is 246 cm³/mol. The van der Waals surface area contributed by atoms with Crippen molar-refractivity contribution in [3.8, 4) is 0 Å². The van der Waals surface area contributed by atoms with Gasteiger partial charge in [0.2, 0.25) is 0 Å². The fourth-order valence-corrected chi connectivity index (χ4v) is 7.03. The fraction of sp³-hybridized carbons (Fsp3) is 0.500. The van der Waals surface area contributed by atoms with Gasteiger partial charge in [0.05, 0.1) is 0 Å². The fourth-order valence-electron chi connectivity index (χ4n) is 7.03. The molecule has 0 aliphatic heterocycles.